The molecule has 0 bridgehead atoms. The first-order chi connectivity index (χ1) is 9.98. The van der Waals surface area contributed by atoms with Crippen LogP contribution in [-0.2, 0) is 5.41 Å². The second kappa shape index (κ2) is 4.84. The number of rotatable bonds is 4. The standard InChI is InChI=1S/C16H14FNO3/c1-16(6-7-16)11-2-4-12(5-3-11)21-14-13(17)8-10(9-18-14)15(19)20/h2-5,8-9H,6-7H2,1H3,(H,19,20). The van der Waals surface area contributed by atoms with Gasteiger partial charge in [0.2, 0.25) is 0 Å². The summed E-state index contributed by atoms with van der Waals surface area (Å²) < 4.78 is 19.1. The summed E-state index contributed by atoms with van der Waals surface area (Å²) in [7, 11) is 0. The van der Waals surface area contributed by atoms with Gasteiger partial charge in [0.1, 0.15) is 5.75 Å². The quantitative estimate of drug-likeness (QED) is 0.930. The van der Waals surface area contributed by atoms with E-state index in [4.69, 9.17) is 9.84 Å². The Morgan fingerprint density at radius 2 is 2.00 bits per heavy atom. The second-order valence-corrected chi connectivity index (χ2v) is 5.50. The van der Waals surface area contributed by atoms with Crippen molar-refractivity contribution < 1.29 is 19.0 Å². The number of aromatic nitrogens is 1. The lowest BCUT2D eigenvalue weighted by Gasteiger charge is -2.10. The average Bonchev–Trinajstić information content (AvgIpc) is 3.21. The van der Waals surface area contributed by atoms with Crippen LogP contribution in [-0.4, -0.2) is 16.1 Å². The predicted molar refractivity (Wildman–Crippen MR) is 74.3 cm³/mol. The summed E-state index contributed by atoms with van der Waals surface area (Å²) in [5.41, 5.74) is 1.30. The van der Waals surface area contributed by atoms with Crippen LogP contribution in [0.5, 0.6) is 11.6 Å². The molecule has 0 radical (unpaired) electrons. The molecule has 1 aromatic carbocycles. The molecule has 0 amide bonds. The summed E-state index contributed by atoms with van der Waals surface area (Å²) in [5, 5.41) is 8.76. The molecule has 1 saturated carbocycles. The fourth-order valence-electron chi connectivity index (χ4n) is 2.13. The van der Waals surface area contributed by atoms with E-state index >= 15 is 0 Å². The van der Waals surface area contributed by atoms with Crippen LogP contribution in [0.3, 0.4) is 0 Å². The van der Waals surface area contributed by atoms with Gasteiger partial charge in [-0.3, -0.25) is 0 Å². The van der Waals surface area contributed by atoms with Crippen LogP contribution in [0, 0.1) is 5.82 Å². The van der Waals surface area contributed by atoms with E-state index < -0.39 is 11.8 Å². The van der Waals surface area contributed by atoms with Crippen molar-refractivity contribution in [2.24, 2.45) is 0 Å². The minimum Gasteiger partial charge on any atom is -0.478 e. The van der Waals surface area contributed by atoms with Crippen molar-refractivity contribution in [1.82, 2.24) is 4.98 Å². The van der Waals surface area contributed by atoms with E-state index in [1.54, 1.807) is 12.1 Å². The smallest absolute Gasteiger partial charge is 0.337 e. The molecule has 0 spiro atoms. The fourth-order valence-corrected chi connectivity index (χ4v) is 2.13. The van der Waals surface area contributed by atoms with Crippen LogP contribution in [0.2, 0.25) is 0 Å². The molecule has 0 unspecified atom stereocenters. The zero-order valence-electron chi connectivity index (χ0n) is 11.5. The number of carboxylic acids is 1. The third kappa shape index (κ3) is 2.72. The number of pyridine rings is 1. The molecule has 0 saturated heterocycles. The molecule has 0 aliphatic heterocycles. The van der Waals surface area contributed by atoms with E-state index in [2.05, 4.69) is 11.9 Å². The van der Waals surface area contributed by atoms with Crippen molar-refractivity contribution in [2.75, 3.05) is 0 Å². The lowest BCUT2D eigenvalue weighted by molar-refractivity contribution is 0.0695. The summed E-state index contributed by atoms with van der Waals surface area (Å²) in [5.74, 6) is -1.79. The van der Waals surface area contributed by atoms with Crippen molar-refractivity contribution in [2.45, 2.75) is 25.2 Å². The highest BCUT2D eigenvalue weighted by molar-refractivity contribution is 5.87. The summed E-state index contributed by atoms with van der Waals surface area (Å²) >= 11 is 0. The number of carbonyl (C=O) groups is 1. The van der Waals surface area contributed by atoms with E-state index in [0.717, 1.165) is 12.3 Å². The monoisotopic (exact) mass is 287 g/mol. The number of halogens is 1. The fraction of sp³-hybridized carbons (Fsp3) is 0.250. The molecule has 3 rings (SSSR count). The maximum atomic E-state index is 13.7. The van der Waals surface area contributed by atoms with E-state index in [1.165, 1.54) is 18.4 Å². The Morgan fingerprint density at radius 3 is 2.52 bits per heavy atom. The van der Waals surface area contributed by atoms with Crippen molar-refractivity contribution in [3.8, 4) is 11.6 Å². The zero-order valence-corrected chi connectivity index (χ0v) is 11.5. The Morgan fingerprint density at radius 1 is 1.33 bits per heavy atom. The van der Waals surface area contributed by atoms with Crippen molar-refractivity contribution >= 4 is 5.97 Å². The number of hydrogen-bond donors (Lipinski definition) is 1. The van der Waals surface area contributed by atoms with Crippen LogP contribution in [0.25, 0.3) is 0 Å². The summed E-state index contributed by atoms with van der Waals surface area (Å²) in [6.07, 6.45) is 3.43. The van der Waals surface area contributed by atoms with E-state index in [1.807, 2.05) is 12.1 Å². The number of aromatic carboxylic acids is 1. The zero-order chi connectivity index (χ0) is 15.0. The molecule has 1 aliphatic rings. The van der Waals surface area contributed by atoms with Crippen LogP contribution >= 0.6 is 0 Å². The maximum Gasteiger partial charge on any atom is 0.337 e. The minimum atomic E-state index is -1.23. The highest BCUT2D eigenvalue weighted by atomic mass is 19.1. The van der Waals surface area contributed by atoms with Crippen molar-refractivity contribution in [1.29, 1.82) is 0 Å². The van der Waals surface area contributed by atoms with Crippen LogP contribution < -0.4 is 4.74 Å². The molecule has 1 aliphatic carbocycles. The molecule has 0 atom stereocenters. The topological polar surface area (TPSA) is 59.4 Å². The molecular formula is C16H14FNO3. The van der Waals surface area contributed by atoms with Crippen molar-refractivity contribution in [3.63, 3.8) is 0 Å². The molecule has 2 aromatic rings. The minimum absolute atomic E-state index is 0.211. The van der Waals surface area contributed by atoms with Gasteiger partial charge in [-0.05, 0) is 42.0 Å². The Labute approximate surface area is 121 Å². The Balaban J connectivity index is 1.78. The van der Waals surface area contributed by atoms with Gasteiger partial charge in [-0.2, -0.15) is 0 Å². The van der Waals surface area contributed by atoms with E-state index in [-0.39, 0.29) is 16.9 Å². The molecular weight excluding hydrogens is 273 g/mol. The first-order valence-corrected chi connectivity index (χ1v) is 6.65. The average molecular weight is 287 g/mol. The number of ether oxygens (including phenoxy) is 1. The number of benzene rings is 1. The lowest BCUT2D eigenvalue weighted by Crippen LogP contribution is -2.01. The summed E-state index contributed by atoms with van der Waals surface area (Å²) in [6.45, 7) is 2.20. The van der Waals surface area contributed by atoms with Gasteiger partial charge in [0.15, 0.2) is 5.82 Å². The van der Waals surface area contributed by atoms with Crippen LogP contribution in [0.1, 0.15) is 35.7 Å². The first-order valence-electron chi connectivity index (χ1n) is 6.65. The highest BCUT2D eigenvalue weighted by Crippen LogP contribution is 2.47. The number of nitrogens with zero attached hydrogens (tertiary/aromatic N) is 1. The Hall–Kier alpha value is -2.43. The molecule has 5 heteroatoms. The third-order valence-electron chi connectivity index (χ3n) is 3.82. The van der Waals surface area contributed by atoms with Gasteiger partial charge >= 0.3 is 5.97 Å². The first kappa shape index (κ1) is 13.5. The SMILES string of the molecule is CC1(c2ccc(Oc3ncc(C(=O)O)cc3F)cc2)CC1. The van der Waals surface area contributed by atoms with Gasteiger partial charge in [-0.1, -0.05) is 19.1 Å². The van der Waals surface area contributed by atoms with E-state index in [0.29, 0.717) is 5.75 Å². The molecule has 1 heterocycles. The molecule has 21 heavy (non-hydrogen) atoms. The lowest BCUT2D eigenvalue weighted by atomic mass is 9.99. The summed E-state index contributed by atoms with van der Waals surface area (Å²) in [6, 6.07) is 8.36. The largest absolute Gasteiger partial charge is 0.478 e. The third-order valence-corrected chi connectivity index (χ3v) is 3.82. The van der Waals surface area contributed by atoms with Gasteiger partial charge in [0.25, 0.3) is 5.88 Å². The maximum absolute atomic E-state index is 13.7. The van der Waals surface area contributed by atoms with Gasteiger partial charge < -0.3 is 9.84 Å². The van der Waals surface area contributed by atoms with Gasteiger partial charge in [-0.15, -0.1) is 0 Å². The summed E-state index contributed by atoms with van der Waals surface area (Å²) in [4.78, 5) is 14.4. The normalized spacial score (nSPS) is 15.5. The van der Waals surface area contributed by atoms with Crippen molar-refractivity contribution in [3.05, 3.63) is 53.5 Å². The van der Waals surface area contributed by atoms with Gasteiger partial charge in [0, 0.05) is 6.20 Å². The highest BCUT2D eigenvalue weighted by Gasteiger charge is 2.38. The molecule has 1 aromatic heterocycles. The molecule has 1 N–H and O–H groups in total. The molecule has 4 nitrogen and oxygen atoms in total. The second-order valence-electron chi connectivity index (χ2n) is 5.50. The van der Waals surface area contributed by atoms with Gasteiger partial charge in [0.05, 0.1) is 5.56 Å². The number of carboxylic acid groups (broad SMARTS) is 1. The van der Waals surface area contributed by atoms with Crippen LogP contribution in [0.4, 0.5) is 4.39 Å². The number of hydrogen-bond acceptors (Lipinski definition) is 3. The van der Waals surface area contributed by atoms with Crippen LogP contribution in [0.15, 0.2) is 36.5 Å². The van der Waals surface area contributed by atoms with E-state index in [9.17, 15) is 9.18 Å². The Bertz CT molecular complexity index is 693. The Kier molecular flexibility index (Phi) is 3.12. The molecule has 1 fully saturated rings. The predicted octanol–water partition coefficient (Wildman–Crippen LogP) is 3.76. The molecule has 108 valence electrons. The van der Waals surface area contributed by atoms with Gasteiger partial charge in [-0.25, -0.2) is 14.2 Å².